The number of rotatable bonds is 7. The van der Waals surface area contributed by atoms with Crippen LogP contribution in [-0.2, 0) is 17.6 Å². The quantitative estimate of drug-likeness (QED) is 0.532. The number of benzene rings is 1. The summed E-state index contributed by atoms with van der Waals surface area (Å²) in [7, 11) is 3.47. The van der Waals surface area contributed by atoms with E-state index in [1.807, 2.05) is 31.3 Å². The van der Waals surface area contributed by atoms with Gasteiger partial charge in [0.05, 0.1) is 46.1 Å². The molecule has 9 heteroatoms. The maximum Gasteiger partial charge on any atom is 0.255 e. The number of nitrogens with zero attached hydrogens (tertiary/aromatic N) is 3. The van der Waals surface area contributed by atoms with Crippen molar-refractivity contribution in [1.29, 1.82) is 0 Å². The zero-order chi connectivity index (χ0) is 21.1. The third-order valence-corrected chi connectivity index (χ3v) is 5.38. The van der Waals surface area contributed by atoms with Crippen LogP contribution in [0.5, 0.6) is 0 Å². The molecule has 30 heavy (non-hydrogen) atoms. The molecule has 0 unspecified atom stereocenters. The number of pyridine rings is 1. The van der Waals surface area contributed by atoms with Gasteiger partial charge < -0.3 is 20.3 Å². The first-order valence-electron chi connectivity index (χ1n) is 9.65. The van der Waals surface area contributed by atoms with Crippen LogP contribution in [0.1, 0.15) is 21.6 Å². The number of aromatic nitrogens is 3. The number of halogens is 1. The normalized spacial score (nSPS) is 13.3. The third-order valence-electron chi connectivity index (χ3n) is 5.08. The summed E-state index contributed by atoms with van der Waals surface area (Å²) < 4.78 is 5.13. The highest BCUT2D eigenvalue weighted by atomic mass is 35.5. The zero-order valence-electron chi connectivity index (χ0n) is 16.8. The molecule has 3 aromatic rings. The van der Waals surface area contributed by atoms with Gasteiger partial charge in [-0.05, 0) is 18.1 Å². The maximum atomic E-state index is 12.7. The van der Waals surface area contributed by atoms with E-state index < -0.39 is 0 Å². The summed E-state index contributed by atoms with van der Waals surface area (Å²) in [4.78, 5) is 18.8. The predicted molar refractivity (Wildman–Crippen MR) is 117 cm³/mol. The van der Waals surface area contributed by atoms with Gasteiger partial charge in [0, 0.05) is 39.4 Å². The van der Waals surface area contributed by atoms with Crippen LogP contribution in [0.2, 0.25) is 5.02 Å². The standard InChI is InChI=1S/C21H23ClN6O2/c1-28-8-6-13-4-3-5-16(20(13)21(28)29)25-17-10-19(23-11-14(17)22)26-18-12-24-27-15(18)7-9-30-2/h3-5,10-12H,6-9H2,1-2H3,(H,24,27)(H2,23,25,26). The van der Waals surface area contributed by atoms with E-state index in [1.165, 1.54) is 0 Å². The Hall–Kier alpha value is -3.10. The number of fused-ring (bicyclic) bond motifs is 1. The summed E-state index contributed by atoms with van der Waals surface area (Å²) in [6, 6.07) is 7.64. The van der Waals surface area contributed by atoms with Gasteiger partial charge >= 0.3 is 0 Å². The Morgan fingerprint density at radius 1 is 1.27 bits per heavy atom. The summed E-state index contributed by atoms with van der Waals surface area (Å²) in [6.45, 7) is 1.29. The van der Waals surface area contributed by atoms with Crippen LogP contribution in [-0.4, -0.2) is 53.3 Å². The van der Waals surface area contributed by atoms with Gasteiger partial charge in [-0.2, -0.15) is 5.10 Å². The van der Waals surface area contributed by atoms with E-state index in [4.69, 9.17) is 16.3 Å². The second kappa shape index (κ2) is 8.73. The number of ether oxygens (including phenoxy) is 1. The maximum absolute atomic E-state index is 12.7. The number of H-pyrrole nitrogens is 1. The summed E-state index contributed by atoms with van der Waals surface area (Å²) in [5.41, 5.74) is 4.78. The molecule has 2 aromatic heterocycles. The average Bonchev–Trinajstić information content (AvgIpc) is 3.18. The molecule has 0 spiro atoms. The molecule has 3 heterocycles. The summed E-state index contributed by atoms with van der Waals surface area (Å²) >= 11 is 6.39. The second-order valence-corrected chi connectivity index (χ2v) is 7.51. The van der Waals surface area contributed by atoms with Crippen LogP contribution in [0.15, 0.2) is 36.7 Å². The van der Waals surface area contributed by atoms with Crippen LogP contribution in [0.4, 0.5) is 22.9 Å². The molecule has 1 aliphatic heterocycles. The fourth-order valence-corrected chi connectivity index (χ4v) is 3.60. The van der Waals surface area contributed by atoms with E-state index in [-0.39, 0.29) is 5.91 Å². The minimum atomic E-state index is 0.00376. The van der Waals surface area contributed by atoms with Crippen molar-refractivity contribution >= 4 is 40.4 Å². The van der Waals surface area contributed by atoms with E-state index in [2.05, 4.69) is 25.8 Å². The monoisotopic (exact) mass is 426 g/mol. The second-order valence-electron chi connectivity index (χ2n) is 7.10. The fourth-order valence-electron chi connectivity index (χ4n) is 3.45. The molecular weight excluding hydrogens is 404 g/mol. The van der Waals surface area contributed by atoms with Crippen LogP contribution >= 0.6 is 11.6 Å². The lowest BCUT2D eigenvalue weighted by Crippen LogP contribution is -2.34. The number of anilines is 4. The van der Waals surface area contributed by atoms with E-state index in [1.54, 1.807) is 24.4 Å². The number of methoxy groups -OCH3 is 1. The predicted octanol–water partition coefficient (Wildman–Crippen LogP) is 3.76. The molecule has 156 valence electrons. The highest BCUT2D eigenvalue weighted by molar-refractivity contribution is 6.33. The van der Waals surface area contributed by atoms with Crippen LogP contribution in [0.25, 0.3) is 0 Å². The van der Waals surface area contributed by atoms with Crippen molar-refractivity contribution < 1.29 is 9.53 Å². The van der Waals surface area contributed by atoms with E-state index in [0.717, 1.165) is 35.6 Å². The number of hydrogen-bond acceptors (Lipinski definition) is 6. The van der Waals surface area contributed by atoms with Gasteiger partial charge in [0.25, 0.3) is 5.91 Å². The van der Waals surface area contributed by atoms with Gasteiger partial charge in [-0.1, -0.05) is 23.7 Å². The number of hydrogen-bond donors (Lipinski definition) is 3. The number of amides is 1. The fraction of sp³-hybridized carbons (Fsp3) is 0.286. The van der Waals surface area contributed by atoms with Gasteiger partial charge in [0.15, 0.2) is 0 Å². The summed E-state index contributed by atoms with van der Waals surface area (Å²) in [6.07, 6.45) is 4.85. The SMILES string of the molecule is COCCc1n[nH]cc1Nc1cc(Nc2cccc3c2C(=O)N(C)CC3)c(Cl)cn1. The van der Waals surface area contributed by atoms with E-state index in [9.17, 15) is 4.79 Å². The largest absolute Gasteiger partial charge is 0.384 e. The number of carbonyl (C=O) groups excluding carboxylic acids is 1. The average molecular weight is 427 g/mol. The first-order chi connectivity index (χ1) is 14.6. The highest BCUT2D eigenvalue weighted by Crippen LogP contribution is 2.32. The smallest absolute Gasteiger partial charge is 0.255 e. The molecule has 3 N–H and O–H groups in total. The Kier molecular flexibility index (Phi) is 5.87. The molecule has 0 bridgehead atoms. The van der Waals surface area contributed by atoms with Crippen LogP contribution in [0.3, 0.4) is 0 Å². The minimum absolute atomic E-state index is 0.00376. The minimum Gasteiger partial charge on any atom is -0.384 e. The van der Waals surface area contributed by atoms with Crippen molar-refractivity contribution in [3.63, 3.8) is 0 Å². The summed E-state index contributed by atoms with van der Waals surface area (Å²) in [5.74, 6) is 0.610. The molecule has 8 nitrogen and oxygen atoms in total. The summed E-state index contributed by atoms with van der Waals surface area (Å²) in [5, 5.41) is 14.1. The lowest BCUT2D eigenvalue weighted by atomic mass is 9.97. The first-order valence-corrected chi connectivity index (χ1v) is 10.0. The molecule has 0 radical (unpaired) electrons. The third kappa shape index (κ3) is 4.10. The van der Waals surface area contributed by atoms with E-state index in [0.29, 0.717) is 35.1 Å². The van der Waals surface area contributed by atoms with Crippen LogP contribution < -0.4 is 10.6 Å². The Balaban J connectivity index is 1.60. The lowest BCUT2D eigenvalue weighted by Gasteiger charge is -2.27. The molecule has 0 saturated carbocycles. The topological polar surface area (TPSA) is 95.2 Å². The molecular formula is C21H23ClN6O2. The van der Waals surface area contributed by atoms with Gasteiger partial charge in [-0.3, -0.25) is 9.89 Å². The Morgan fingerprint density at radius 2 is 2.13 bits per heavy atom. The molecule has 0 saturated heterocycles. The zero-order valence-corrected chi connectivity index (χ0v) is 17.6. The van der Waals surface area contributed by atoms with Gasteiger partial charge in [-0.25, -0.2) is 4.98 Å². The molecule has 1 aliphatic rings. The number of nitrogens with one attached hydrogen (secondary N) is 3. The Morgan fingerprint density at radius 3 is 2.97 bits per heavy atom. The van der Waals surface area contributed by atoms with E-state index >= 15 is 0 Å². The highest BCUT2D eigenvalue weighted by Gasteiger charge is 2.24. The number of carbonyl (C=O) groups is 1. The van der Waals surface area contributed by atoms with Crippen molar-refractivity contribution in [1.82, 2.24) is 20.1 Å². The van der Waals surface area contributed by atoms with Gasteiger partial charge in [0.1, 0.15) is 5.82 Å². The van der Waals surface area contributed by atoms with Crippen LogP contribution in [0, 0.1) is 0 Å². The lowest BCUT2D eigenvalue weighted by molar-refractivity contribution is 0.0782. The molecule has 4 rings (SSSR count). The van der Waals surface area contributed by atoms with Gasteiger partial charge in [0.2, 0.25) is 0 Å². The molecule has 1 amide bonds. The van der Waals surface area contributed by atoms with Crippen molar-refractivity contribution in [2.45, 2.75) is 12.8 Å². The molecule has 0 fully saturated rings. The number of aromatic amines is 1. The molecule has 1 aromatic carbocycles. The van der Waals surface area contributed by atoms with Gasteiger partial charge in [-0.15, -0.1) is 0 Å². The van der Waals surface area contributed by atoms with Crippen molar-refractivity contribution in [3.8, 4) is 0 Å². The first kappa shape index (κ1) is 20.2. The van der Waals surface area contributed by atoms with Crippen molar-refractivity contribution in [3.05, 3.63) is 58.5 Å². The van der Waals surface area contributed by atoms with Crippen molar-refractivity contribution in [2.75, 3.05) is 37.9 Å². The molecule has 0 atom stereocenters. The number of likely N-dealkylation sites (N-methyl/N-ethyl adjacent to an activating group) is 1. The Bertz CT molecular complexity index is 1070. The Labute approximate surface area is 179 Å². The van der Waals surface area contributed by atoms with Crippen molar-refractivity contribution in [2.24, 2.45) is 0 Å². The molecule has 0 aliphatic carbocycles.